The molecule has 1 fully saturated rings. The number of piperidine rings is 1. The van der Waals surface area contributed by atoms with Crippen LogP contribution in [0.3, 0.4) is 0 Å². The number of hydrogen-bond donors (Lipinski definition) is 1. The molecule has 94 valence electrons. The molecule has 0 radical (unpaired) electrons. The minimum Gasteiger partial charge on any atom is -0.463 e. The number of aromatic nitrogens is 2. The molecule has 0 bridgehead atoms. The van der Waals surface area contributed by atoms with Gasteiger partial charge >= 0.3 is 6.01 Å². The Bertz CT molecular complexity index is 325. The first-order valence-corrected chi connectivity index (χ1v) is 6.53. The van der Waals surface area contributed by atoms with E-state index in [1.165, 1.54) is 25.8 Å². The minimum atomic E-state index is 0.413. The van der Waals surface area contributed by atoms with Crippen LogP contribution >= 0.6 is 11.6 Å². The minimum absolute atomic E-state index is 0.413. The fourth-order valence-electron chi connectivity index (χ4n) is 2.08. The third-order valence-electron chi connectivity index (χ3n) is 2.98. The normalized spacial score (nSPS) is 20.2. The first-order chi connectivity index (χ1) is 8.34. The highest BCUT2D eigenvalue weighted by atomic mass is 35.5. The van der Waals surface area contributed by atoms with Crippen LogP contribution in [-0.2, 0) is 0 Å². The van der Waals surface area contributed by atoms with Crippen LogP contribution < -0.4 is 10.1 Å². The highest BCUT2D eigenvalue weighted by Gasteiger charge is 2.12. The fourth-order valence-corrected chi connectivity index (χ4v) is 2.18. The van der Waals surface area contributed by atoms with Gasteiger partial charge in [0.25, 0.3) is 0 Å². The lowest BCUT2D eigenvalue weighted by Gasteiger charge is -2.22. The molecule has 1 aromatic heterocycles. The van der Waals surface area contributed by atoms with E-state index in [9.17, 15) is 0 Å². The number of nitrogens with one attached hydrogen (secondary N) is 1. The van der Waals surface area contributed by atoms with Gasteiger partial charge in [0.05, 0.1) is 24.0 Å². The first-order valence-electron chi connectivity index (χ1n) is 6.15. The molecule has 2 heterocycles. The van der Waals surface area contributed by atoms with Crippen molar-refractivity contribution in [2.75, 3.05) is 19.7 Å². The fraction of sp³-hybridized carbons (Fsp3) is 0.667. The van der Waals surface area contributed by atoms with Crippen molar-refractivity contribution in [1.82, 2.24) is 15.3 Å². The molecule has 1 aromatic rings. The maximum absolute atomic E-state index is 5.69. The quantitative estimate of drug-likeness (QED) is 0.820. The molecule has 0 amide bonds. The smallest absolute Gasteiger partial charge is 0.316 e. The van der Waals surface area contributed by atoms with Crippen LogP contribution in [0.5, 0.6) is 6.01 Å². The van der Waals surface area contributed by atoms with Gasteiger partial charge in [0.2, 0.25) is 0 Å². The molecule has 0 unspecified atom stereocenters. The van der Waals surface area contributed by atoms with E-state index in [-0.39, 0.29) is 0 Å². The molecule has 1 aliphatic rings. The van der Waals surface area contributed by atoms with Crippen molar-refractivity contribution in [1.29, 1.82) is 0 Å². The zero-order chi connectivity index (χ0) is 11.9. The maximum Gasteiger partial charge on any atom is 0.316 e. The van der Waals surface area contributed by atoms with Gasteiger partial charge in [-0.1, -0.05) is 11.6 Å². The van der Waals surface area contributed by atoms with E-state index in [0.29, 0.717) is 17.6 Å². The van der Waals surface area contributed by atoms with E-state index >= 15 is 0 Å². The summed E-state index contributed by atoms with van der Waals surface area (Å²) in [6, 6.07) is 0.413. The monoisotopic (exact) mass is 255 g/mol. The van der Waals surface area contributed by atoms with Crippen molar-refractivity contribution in [3.63, 3.8) is 0 Å². The summed E-state index contributed by atoms with van der Waals surface area (Å²) in [5, 5.41) is 3.95. The van der Waals surface area contributed by atoms with Gasteiger partial charge in [-0.05, 0) is 44.7 Å². The molecule has 1 atom stereocenters. The van der Waals surface area contributed by atoms with Crippen LogP contribution in [0.25, 0.3) is 0 Å². The van der Waals surface area contributed by atoms with Crippen molar-refractivity contribution in [3.05, 3.63) is 17.4 Å². The van der Waals surface area contributed by atoms with Crippen molar-refractivity contribution in [3.8, 4) is 6.01 Å². The summed E-state index contributed by atoms with van der Waals surface area (Å²) in [4.78, 5) is 7.97. The molecule has 0 aromatic carbocycles. The van der Waals surface area contributed by atoms with Gasteiger partial charge in [0.15, 0.2) is 0 Å². The molecule has 2 rings (SSSR count). The molecule has 1 saturated heterocycles. The molecule has 0 spiro atoms. The van der Waals surface area contributed by atoms with Crippen molar-refractivity contribution < 1.29 is 4.74 Å². The van der Waals surface area contributed by atoms with Gasteiger partial charge in [-0.25, -0.2) is 9.97 Å². The van der Waals surface area contributed by atoms with Gasteiger partial charge in [-0.2, -0.15) is 0 Å². The first kappa shape index (κ1) is 12.6. The molecule has 0 saturated carbocycles. The number of ether oxygens (including phenoxy) is 1. The average molecular weight is 256 g/mol. The zero-order valence-corrected chi connectivity index (χ0v) is 10.6. The summed E-state index contributed by atoms with van der Waals surface area (Å²) in [6.07, 6.45) is 8.00. The van der Waals surface area contributed by atoms with Crippen molar-refractivity contribution in [2.24, 2.45) is 5.92 Å². The summed E-state index contributed by atoms with van der Waals surface area (Å²) in [6.45, 7) is 3.00. The Balaban J connectivity index is 1.60. The van der Waals surface area contributed by atoms with Crippen LogP contribution in [0, 0.1) is 5.92 Å². The Hall–Kier alpha value is -0.870. The van der Waals surface area contributed by atoms with E-state index in [1.807, 2.05) is 0 Å². The van der Waals surface area contributed by atoms with Crippen LogP contribution in [0.2, 0.25) is 5.02 Å². The van der Waals surface area contributed by atoms with Crippen molar-refractivity contribution in [2.45, 2.75) is 25.7 Å². The number of rotatable bonds is 5. The van der Waals surface area contributed by atoms with Crippen LogP contribution in [-0.4, -0.2) is 29.7 Å². The van der Waals surface area contributed by atoms with E-state index in [0.717, 1.165) is 18.9 Å². The van der Waals surface area contributed by atoms with Crippen LogP contribution in [0.1, 0.15) is 25.7 Å². The molecule has 1 N–H and O–H groups in total. The third-order valence-corrected chi connectivity index (χ3v) is 3.18. The lowest BCUT2D eigenvalue weighted by molar-refractivity contribution is 0.259. The third kappa shape index (κ3) is 4.48. The van der Waals surface area contributed by atoms with Gasteiger partial charge in [-0.15, -0.1) is 0 Å². The Morgan fingerprint density at radius 2 is 2.24 bits per heavy atom. The topological polar surface area (TPSA) is 47.0 Å². The molecular weight excluding hydrogens is 238 g/mol. The lowest BCUT2D eigenvalue weighted by Crippen LogP contribution is -2.29. The Labute approximate surface area is 107 Å². The predicted molar refractivity (Wildman–Crippen MR) is 67.4 cm³/mol. The second-order valence-corrected chi connectivity index (χ2v) is 4.82. The molecule has 4 nitrogen and oxygen atoms in total. The number of hydrogen-bond acceptors (Lipinski definition) is 4. The van der Waals surface area contributed by atoms with E-state index in [2.05, 4.69) is 15.3 Å². The summed E-state index contributed by atoms with van der Waals surface area (Å²) >= 11 is 5.69. The highest BCUT2D eigenvalue weighted by molar-refractivity contribution is 6.30. The van der Waals surface area contributed by atoms with E-state index < -0.39 is 0 Å². The summed E-state index contributed by atoms with van der Waals surface area (Å²) in [7, 11) is 0. The summed E-state index contributed by atoms with van der Waals surface area (Å²) in [5.41, 5.74) is 0. The number of nitrogens with zero attached hydrogens (tertiary/aromatic N) is 2. The highest BCUT2D eigenvalue weighted by Crippen LogP contribution is 2.16. The SMILES string of the molecule is Clc1cnc(OCCC[C@@H]2CCCNC2)nc1. The summed E-state index contributed by atoms with van der Waals surface area (Å²) in [5.74, 6) is 0.804. The molecular formula is C12H18ClN3O. The van der Waals surface area contributed by atoms with Gasteiger partial charge in [-0.3, -0.25) is 0 Å². The zero-order valence-electron chi connectivity index (χ0n) is 9.86. The molecule has 0 aliphatic carbocycles. The average Bonchev–Trinajstić information content (AvgIpc) is 2.38. The second kappa shape index (κ2) is 6.77. The maximum atomic E-state index is 5.69. The Morgan fingerprint density at radius 3 is 2.94 bits per heavy atom. The van der Waals surface area contributed by atoms with Crippen molar-refractivity contribution >= 4 is 11.6 Å². The predicted octanol–water partition coefficient (Wildman–Crippen LogP) is 2.29. The van der Waals surface area contributed by atoms with Gasteiger partial charge < -0.3 is 10.1 Å². The van der Waals surface area contributed by atoms with Gasteiger partial charge in [0.1, 0.15) is 0 Å². The molecule has 17 heavy (non-hydrogen) atoms. The van der Waals surface area contributed by atoms with Crippen LogP contribution in [0.15, 0.2) is 12.4 Å². The van der Waals surface area contributed by atoms with E-state index in [4.69, 9.17) is 16.3 Å². The van der Waals surface area contributed by atoms with Crippen LogP contribution in [0.4, 0.5) is 0 Å². The summed E-state index contributed by atoms with van der Waals surface area (Å²) < 4.78 is 5.45. The lowest BCUT2D eigenvalue weighted by atomic mass is 9.95. The van der Waals surface area contributed by atoms with Gasteiger partial charge in [0, 0.05) is 0 Å². The molecule has 5 heteroatoms. The Kier molecular flexibility index (Phi) is 5.01. The Morgan fingerprint density at radius 1 is 1.41 bits per heavy atom. The standard InChI is InChI=1S/C12H18ClN3O/c13-11-8-15-12(16-9-11)17-6-2-4-10-3-1-5-14-7-10/h8-10,14H,1-7H2/t10-/m0/s1. The van der Waals surface area contributed by atoms with E-state index in [1.54, 1.807) is 12.4 Å². The second-order valence-electron chi connectivity index (χ2n) is 4.39. The number of halogens is 1. The molecule has 1 aliphatic heterocycles. The largest absolute Gasteiger partial charge is 0.463 e.